The monoisotopic (exact) mass is 512 g/mol. The van der Waals surface area contributed by atoms with Crippen LogP contribution < -0.4 is 20.3 Å². The molecule has 0 spiro atoms. The van der Waals surface area contributed by atoms with Gasteiger partial charge in [0.1, 0.15) is 11.5 Å². The lowest BCUT2D eigenvalue weighted by molar-refractivity contribution is -0.113. The molecule has 0 bridgehead atoms. The van der Waals surface area contributed by atoms with Gasteiger partial charge in [0, 0.05) is 18.2 Å². The molecule has 3 heterocycles. The minimum Gasteiger partial charge on any atom is -0.497 e. The second-order valence-electron chi connectivity index (χ2n) is 7.27. The number of amides is 1. The van der Waals surface area contributed by atoms with Crippen LogP contribution in [0.4, 0.5) is 5.13 Å². The van der Waals surface area contributed by atoms with Crippen LogP contribution in [0.5, 0.6) is 11.5 Å². The molecule has 34 heavy (non-hydrogen) atoms. The highest BCUT2D eigenvalue weighted by Crippen LogP contribution is 2.34. The number of nitrogens with one attached hydrogen (secondary N) is 1. The topological polar surface area (TPSA) is 95.3 Å². The first-order valence-corrected chi connectivity index (χ1v) is 13.2. The van der Waals surface area contributed by atoms with E-state index < -0.39 is 0 Å². The van der Waals surface area contributed by atoms with Gasteiger partial charge < -0.3 is 14.8 Å². The molecule has 1 aliphatic rings. The fourth-order valence-electron chi connectivity index (χ4n) is 3.58. The van der Waals surface area contributed by atoms with E-state index in [9.17, 15) is 9.59 Å². The molecule has 0 saturated heterocycles. The van der Waals surface area contributed by atoms with E-state index in [-0.39, 0.29) is 17.2 Å². The average molecular weight is 513 g/mol. The molecule has 1 amide bonds. The highest BCUT2D eigenvalue weighted by Gasteiger charge is 2.25. The lowest BCUT2D eigenvalue weighted by atomic mass is 10.2. The molecule has 5 rings (SSSR count). The van der Waals surface area contributed by atoms with Crippen molar-refractivity contribution >= 4 is 56.1 Å². The van der Waals surface area contributed by atoms with Crippen molar-refractivity contribution in [3.63, 3.8) is 0 Å². The summed E-state index contributed by atoms with van der Waals surface area (Å²) in [5.74, 6) is 1.74. The minimum absolute atomic E-state index is 0.0700. The third-order valence-corrected chi connectivity index (χ3v) is 8.16. The van der Waals surface area contributed by atoms with E-state index in [2.05, 4.69) is 10.3 Å². The number of hydrogen-bond acceptors (Lipinski definition) is 9. The number of ether oxygens (including phenoxy) is 2. The van der Waals surface area contributed by atoms with Crippen LogP contribution in [0.3, 0.4) is 0 Å². The number of aromatic nitrogens is 3. The number of aryl methyl sites for hydroxylation is 1. The molecule has 174 valence electrons. The number of nitrogens with zero attached hydrogens (tertiary/aromatic N) is 3. The zero-order valence-electron chi connectivity index (χ0n) is 18.4. The van der Waals surface area contributed by atoms with Gasteiger partial charge in [0.05, 0.1) is 46.5 Å². The fourth-order valence-corrected chi connectivity index (χ4v) is 6.31. The van der Waals surface area contributed by atoms with Crippen molar-refractivity contribution in [2.45, 2.75) is 16.5 Å². The summed E-state index contributed by atoms with van der Waals surface area (Å²) in [6.07, 6.45) is 0.719. The van der Waals surface area contributed by atoms with Gasteiger partial charge >= 0.3 is 0 Å². The molecule has 2 aromatic heterocycles. The molecular weight excluding hydrogens is 492 g/mol. The Morgan fingerprint density at radius 3 is 2.82 bits per heavy atom. The lowest BCUT2D eigenvalue weighted by Gasteiger charge is -2.17. The maximum atomic E-state index is 13.5. The second-order valence-corrected chi connectivity index (χ2v) is 10.3. The zero-order valence-corrected chi connectivity index (χ0v) is 20.8. The molecule has 8 nitrogen and oxygen atoms in total. The smallest absolute Gasteiger partial charge is 0.272 e. The number of methoxy groups -OCH3 is 2. The summed E-state index contributed by atoms with van der Waals surface area (Å²) in [6, 6.07) is 13.0. The van der Waals surface area contributed by atoms with Gasteiger partial charge in [-0.15, -0.1) is 11.8 Å². The van der Waals surface area contributed by atoms with E-state index in [1.54, 1.807) is 32.4 Å². The van der Waals surface area contributed by atoms with Crippen molar-refractivity contribution in [1.82, 2.24) is 14.5 Å². The van der Waals surface area contributed by atoms with E-state index in [4.69, 9.17) is 14.5 Å². The van der Waals surface area contributed by atoms with Gasteiger partial charge in [-0.25, -0.2) is 9.97 Å². The van der Waals surface area contributed by atoms with Crippen molar-refractivity contribution < 1.29 is 14.3 Å². The van der Waals surface area contributed by atoms with Crippen LogP contribution in [-0.4, -0.2) is 46.2 Å². The van der Waals surface area contributed by atoms with Gasteiger partial charge in [-0.2, -0.15) is 0 Å². The summed E-state index contributed by atoms with van der Waals surface area (Å²) >= 11 is 4.12. The van der Waals surface area contributed by atoms with Gasteiger partial charge in [0.15, 0.2) is 10.3 Å². The molecule has 0 saturated carbocycles. The number of thioether (sulfide) groups is 2. The maximum Gasteiger partial charge on any atom is 0.272 e. The molecule has 0 aliphatic carbocycles. The Hall–Kier alpha value is -3.02. The van der Waals surface area contributed by atoms with E-state index in [1.165, 1.54) is 39.4 Å². The Morgan fingerprint density at radius 1 is 1.18 bits per heavy atom. The number of fused-ring (bicyclic) bond motifs is 2. The van der Waals surface area contributed by atoms with Crippen LogP contribution in [0.1, 0.15) is 5.69 Å². The first-order valence-electron chi connectivity index (χ1n) is 10.4. The van der Waals surface area contributed by atoms with Crippen LogP contribution in [0, 0.1) is 0 Å². The van der Waals surface area contributed by atoms with Gasteiger partial charge in [-0.1, -0.05) is 35.2 Å². The van der Waals surface area contributed by atoms with Crippen molar-refractivity contribution in [2.24, 2.45) is 0 Å². The molecule has 11 heteroatoms. The molecule has 0 unspecified atom stereocenters. The van der Waals surface area contributed by atoms with E-state index in [0.29, 0.717) is 32.4 Å². The largest absolute Gasteiger partial charge is 0.497 e. The van der Waals surface area contributed by atoms with Gasteiger partial charge in [-0.05, 0) is 24.3 Å². The number of hydrogen-bond donors (Lipinski definition) is 1. The van der Waals surface area contributed by atoms with Crippen LogP contribution >= 0.6 is 34.9 Å². The summed E-state index contributed by atoms with van der Waals surface area (Å²) in [5, 5.41) is 3.82. The number of thiazole rings is 1. The van der Waals surface area contributed by atoms with Crippen molar-refractivity contribution in [1.29, 1.82) is 0 Å². The lowest BCUT2D eigenvalue weighted by Crippen LogP contribution is -2.25. The van der Waals surface area contributed by atoms with Crippen LogP contribution in [-0.2, 0) is 11.2 Å². The third-order valence-electron chi connectivity index (χ3n) is 5.17. The molecule has 2 aromatic carbocycles. The molecule has 0 atom stereocenters. The molecule has 1 aliphatic heterocycles. The normalized spacial score (nSPS) is 12.5. The minimum atomic E-state index is -0.225. The summed E-state index contributed by atoms with van der Waals surface area (Å²) in [4.78, 5) is 36.0. The number of para-hydroxylation sites is 1. The van der Waals surface area contributed by atoms with Gasteiger partial charge in [0.25, 0.3) is 5.56 Å². The Bertz CT molecular complexity index is 1420. The Balaban J connectivity index is 1.46. The third kappa shape index (κ3) is 4.38. The number of anilines is 1. The Labute approximate surface area is 207 Å². The summed E-state index contributed by atoms with van der Waals surface area (Å²) in [6.45, 7) is 0. The molecule has 1 N–H and O–H groups in total. The van der Waals surface area contributed by atoms with Gasteiger partial charge in [-0.3, -0.25) is 14.2 Å². The number of benzene rings is 2. The fraction of sp³-hybridized carbons (Fsp3) is 0.217. The average Bonchev–Trinajstić information content (AvgIpc) is 3.49. The predicted octanol–water partition coefficient (Wildman–Crippen LogP) is 4.24. The summed E-state index contributed by atoms with van der Waals surface area (Å²) in [7, 11) is 3.11. The highest BCUT2D eigenvalue weighted by molar-refractivity contribution is 8.00. The SMILES string of the molecule is COc1ccc(OC)c(-n2c(SCC(=O)Nc3nc4ccccc4s3)nc3c(c2=O)SCC3)c1. The molecular formula is C23H20N4O4S3. The Morgan fingerprint density at radius 2 is 2.03 bits per heavy atom. The van der Waals surface area contributed by atoms with Gasteiger partial charge in [0.2, 0.25) is 5.91 Å². The van der Waals surface area contributed by atoms with Crippen molar-refractivity contribution in [3.05, 3.63) is 58.5 Å². The first-order chi connectivity index (χ1) is 16.6. The van der Waals surface area contributed by atoms with Crippen LogP contribution in [0.25, 0.3) is 15.9 Å². The summed E-state index contributed by atoms with van der Waals surface area (Å²) < 4.78 is 13.4. The highest BCUT2D eigenvalue weighted by atomic mass is 32.2. The van der Waals surface area contributed by atoms with Crippen molar-refractivity contribution in [3.8, 4) is 17.2 Å². The van der Waals surface area contributed by atoms with Crippen LogP contribution in [0.15, 0.2) is 57.3 Å². The number of carbonyl (C=O) groups is 1. The molecule has 0 radical (unpaired) electrons. The van der Waals surface area contributed by atoms with E-state index >= 15 is 0 Å². The van der Waals surface area contributed by atoms with E-state index in [1.807, 2.05) is 24.3 Å². The number of carbonyl (C=O) groups excluding carboxylic acids is 1. The molecule has 4 aromatic rings. The standard InChI is InChI=1S/C23H20N4O4S3/c1-30-13-7-8-17(31-2)16(11-13)27-21(29)20-15(9-10-32-20)25-23(27)33-12-19(28)26-22-24-14-5-3-4-6-18(14)34-22/h3-8,11H,9-10,12H2,1-2H3,(H,24,26,28). The van der Waals surface area contributed by atoms with E-state index in [0.717, 1.165) is 28.1 Å². The second kappa shape index (κ2) is 9.69. The predicted molar refractivity (Wildman–Crippen MR) is 136 cm³/mol. The van der Waals surface area contributed by atoms with Crippen LogP contribution in [0.2, 0.25) is 0 Å². The van der Waals surface area contributed by atoms with Crippen molar-refractivity contribution in [2.75, 3.05) is 31.0 Å². The quantitative estimate of drug-likeness (QED) is 0.290. The summed E-state index contributed by atoms with van der Waals surface area (Å²) in [5.41, 5.74) is 1.95. The zero-order chi connectivity index (χ0) is 23.7. The number of rotatable bonds is 7. The Kier molecular flexibility index (Phi) is 6.48. The maximum absolute atomic E-state index is 13.5. The molecule has 0 fully saturated rings. The first kappa shape index (κ1) is 22.8.